The Balaban J connectivity index is 0.00000497. The lowest BCUT2D eigenvalue weighted by atomic mass is 10.0. The Hall–Kier alpha value is -3.94. The third-order valence-corrected chi connectivity index (χ3v) is 11.5. The summed E-state index contributed by atoms with van der Waals surface area (Å²) in [5.74, 6) is -0.644. The van der Waals surface area contributed by atoms with Gasteiger partial charge in [0.2, 0.25) is 0 Å². The molecule has 1 amide bonds. The smallest absolute Gasteiger partial charge is 0.394 e. The van der Waals surface area contributed by atoms with Gasteiger partial charge in [-0.1, -0.05) is 39.5 Å². The van der Waals surface area contributed by atoms with Crippen LogP contribution in [0.4, 0.5) is 5.82 Å². The number of aromatic amines is 1. The predicted molar refractivity (Wildman–Crippen MR) is 198 cm³/mol. The van der Waals surface area contributed by atoms with Crippen LogP contribution in [0.1, 0.15) is 49.9 Å². The Morgan fingerprint density at radius 3 is 2.41 bits per heavy atom. The molecular weight excluding hydrogens is 764 g/mol. The molecule has 0 radical (unpaired) electrons. The van der Waals surface area contributed by atoms with Crippen LogP contribution in [0.15, 0.2) is 54.1 Å². The van der Waals surface area contributed by atoms with E-state index in [0.717, 1.165) is 0 Å². The lowest BCUT2D eigenvalue weighted by molar-refractivity contribution is -0.0475. The first-order valence-electron chi connectivity index (χ1n) is 16.5. The fourth-order valence-electron chi connectivity index (χ4n) is 6.61. The van der Waals surface area contributed by atoms with Crippen molar-refractivity contribution in [1.29, 1.82) is 0 Å². The van der Waals surface area contributed by atoms with E-state index in [0.29, 0.717) is 22.6 Å². The van der Waals surface area contributed by atoms with E-state index < -0.39 is 63.1 Å². The zero-order valence-electron chi connectivity index (χ0n) is 28.7. The first kappa shape index (κ1) is 39.7. The van der Waals surface area contributed by atoms with Gasteiger partial charge in [0.1, 0.15) is 30.6 Å². The number of rotatable bonds is 12. The summed E-state index contributed by atoms with van der Waals surface area (Å²) < 4.78 is 45.6. The topological polar surface area (TPSA) is 240 Å². The average molecular weight is 805 g/mol. The van der Waals surface area contributed by atoms with Gasteiger partial charge in [-0.2, -0.15) is 0 Å². The molecule has 6 heterocycles. The molecule has 4 unspecified atom stereocenters. The van der Waals surface area contributed by atoms with E-state index in [1.54, 1.807) is 49.3 Å². The number of hydrogen-bond acceptors (Lipinski definition) is 15. The van der Waals surface area contributed by atoms with Crippen LogP contribution in [0.25, 0.3) is 22.3 Å². The third-order valence-electron chi connectivity index (χ3n) is 9.25. The fourth-order valence-corrected chi connectivity index (χ4v) is 8.84. The average Bonchev–Trinajstić information content (AvgIpc) is 3.89. The molecule has 288 valence electrons. The number of benzene rings is 1. The molecule has 4 aromatic heterocycles. The van der Waals surface area contributed by atoms with Crippen molar-refractivity contribution in [2.75, 3.05) is 25.2 Å². The molecule has 0 bridgehead atoms. The standard InChI is InChI=1S/C31H35N9O10P2S.CH4/c1-15-20(48-31(24(15)49-51(44)45)40-14-35-22-27(40)36-17(3)37-29(22)43)11-46-52(4,53)50-23-16(2)30(47-19(23)10-41)39-13-34-21-25(32-12-33-26(21)39)38-28(42)18-8-6-5-7-9-18;/h5-9,12-16,19-20,23-24,30-31,41H,10-11H2,1-4H3,(H2-,32,33,36,37,38,42,43,44,45);1H4/p+1/t15-,16-,19+,20+,23?,24?,30+,31+,52?;/m0./s1. The van der Waals surface area contributed by atoms with Gasteiger partial charge in [-0.05, 0) is 30.9 Å². The number of ether oxygens (including phenoxy) is 2. The molecule has 22 heteroatoms. The van der Waals surface area contributed by atoms with E-state index >= 15 is 0 Å². The monoisotopic (exact) mass is 804 g/mol. The van der Waals surface area contributed by atoms with Gasteiger partial charge in [0.25, 0.3) is 11.5 Å². The Morgan fingerprint density at radius 1 is 1.02 bits per heavy atom. The molecule has 54 heavy (non-hydrogen) atoms. The van der Waals surface area contributed by atoms with Crippen molar-refractivity contribution in [3.8, 4) is 0 Å². The van der Waals surface area contributed by atoms with E-state index in [2.05, 4.69) is 35.2 Å². The predicted octanol–water partition coefficient (Wildman–Crippen LogP) is 3.59. The highest BCUT2D eigenvalue weighted by atomic mass is 32.5. The Labute approximate surface area is 314 Å². The van der Waals surface area contributed by atoms with Crippen LogP contribution in [-0.2, 0) is 39.4 Å². The summed E-state index contributed by atoms with van der Waals surface area (Å²) in [5, 5.41) is 13.1. The number of aryl methyl sites for hydroxylation is 1. The van der Waals surface area contributed by atoms with Gasteiger partial charge >= 0.3 is 8.25 Å². The highest BCUT2D eigenvalue weighted by Crippen LogP contribution is 2.52. The van der Waals surface area contributed by atoms with Crippen LogP contribution in [0.3, 0.4) is 0 Å². The maximum atomic E-state index is 12.8. The van der Waals surface area contributed by atoms with Gasteiger partial charge in [-0.3, -0.25) is 18.7 Å². The number of imidazole rings is 2. The van der Waals surface area contributed by atoms with E-state index in [4.69, 9.17) is 34.9 Å². The maximum Gasteiger partial charge on any atom is 0.695 e. The number of nitrogens with one attached hydrogen (secondary N) is 2. The minimum absolute atomic E-state index is 0. The lowest BCUT2D eigenvalue weighted by Gasteiger charge is -2.28. The summed E-state index contributed by atoms with van der Waals surface area (Å²) in [6, 6.07) is 8.70. The molecule has 5 aromatic rings. The van der Waals surface area contributed by atoms with Gasteiger partial charge < -0.3 is 33.9 Å². The SMILES string of the molecule is C.Cc1nc2c(ncn2[C@@H]2O[C@H](COP(C)(=S)OC3[C@@H](CO)O[C@@H](n4cnc5c(NC(=O)c6ccccc6)ncnc54)[C@H]3C)[C@H](C)C2O[P+](=O)O)c(=O)[nH]1. The number of hydrogen-bond donors (Lipinski definition) is 4. The second-order valence-corrected chi connectivity index (χ2v) is 17.5. The maximum absolute atomic E-state index is 12.8. The van der Waals surface area contributed by atoms with E-state index in [1.165, 1.54) is 23.5 Å². The summed E-state index contributed by atoms with van der Waals surface area (Å²) in [6.07, 6.45) is -0.547. The zero-order chi connectivity index (χ0) is 37.6. The molecule has 2 saturated heterocycles. The molecule has 2 aliphatic rings. The van der Waals surface area contributed by atoms with Crippen molar-refractivity contribution >= 4 is 60.6 Å². The lowest BCUT2D eigenvalue weighted by Crippen LogP contribution is -2.31. The normalized spacial score (nSPS) is 26.8. The van der Waals surface area contributed by atoms with Crippen LogP contribution in [-0.4, -0.2) is 99.2 Å². The zero-order valence-corrected chi connectivity index (χ0v) is 31.4. The third kappa shape index (κ3) is 7.77. The minimum Gasteiger partial charge on any atom is -0.394 e. The van der Waals surface area contributed by atoms with Gasteiger partial charge in [0, 0.05) is 28.6 Å². The largest absolute Gasteiger partial charge is 0.695 e. The summed E-state index contributed by atoms with van der Waals surface area (Å²) in [7, 11) is -3.02. The van der Waals surface area contributed by atoms with Crippen molar-refractivity contribution in [2.45, 2.75) is 65.1 Å². The van der Waals surface area contributed by atoms with Crippen molar-refractivity contribution in [1.82, 2.24) is 39.0 Å². The molecule has 10 atom stereocenters. The van der Waals surface area contributed by atoms with Crippen molar-refractivity contribution in [2.24, 2.45) is 11.8 Å². The van der Waals surface area contributed by atoms with Crippen LogP contribution in [0, 0.1) is 18.8 Å². The van der Waals surface area contributed by atoms with Crippen molar-refractivity contribution in [3.05, 3.63) is 71.1 Å². The number of aliphatic hydroxyl groups excluding tert-OH is 1. The number of anilines is 1. The summed E-state index contributed by atoms with van der Waals surface area (Å²) in [6.45, 7) is 3.43. The number of aromatic nitrogens is 8. The number of nitrogens with zero attached hydrogens (tertiary/aromatic N) is 7. The molecule has 7 rings (SSSR count). The molecular formula is C32H40N9O10P2S+. The Bertz CT molecular complexity index is 2270. The van der Waals surface area contributed by atoms with Crippen molar-refractivity contribution < 1.29 is 42.4 Å². The van der Waals surface area contributed by atoms with Crippen LogP contribution < -0.4 is 10.9 Å². The van der Waals surface area contributed by atoms with Gasteiger partial charge in [0.15, 0.2) is 47.0 Å². The number of fused-ring (bicyclic) bond motifs is 2. The second kappa shape index (κ2) is 16.0. The van der Waals surface area contributed by atoms with Crippen LogP contribution in [0.5, 0.6) is 0 Å². The summed E-state index contributed by atoms with van der Waals surface area (Å²) in [4.78, 5) is 59.2. The summed E-state index contributed by atoms with van der Waals surface area (Å²) >= 11 is 5.83. The minimum atomic E-state index is -3.05. The number of carbonyl (C=O) groups is 1. The van der Waals surface area contributed by atoms with Gasteiger partial charge in [-0.25, -0.2) is 24.9 Å². The first-order valence-corrected chi connectivity index (χ1v) is 20.7. The molecule has 0 saturated carbocycles. The van der Waals surface area contributed by atoms with Crippen LogP contribution in [0.2, 0.25) is 0 Å². The Morgan fingerprint density at radius 2 is 1.70 bits per heavy atom. The highest BCUT2D eigenvalue weighted by Gasteiger charge is 2.50. The molecule has 0 spiro atoms. The number of H-pyrrole nitrogens is 1. The van der Waals surface area contributed by atoms with Gasteiger partial charge in [0.05, 0.1) is 32.0 Å². The highest BCUT2D eigenvalue weighted by molar-refractivity contribution is 8.09. The van der Waals surface area contributed by atoms with E-state index in [1.807, 2.05) is 13.0 Å². The van der Waals surface area contributed by atoms with Crippen LogP contribution >= 0.6 is 14.7 Å². The Kier molecular flexibility index (Phi) is 11.8. The number of amides is 1. The molecule has 19 nitrogen and oxygen atoms in total. The summed E-state index contributed by atoms with van der Waals surface area (Å²) in [5.41, 5.74) is 1.06. The van der Waals surface area contributed by atoms with E-state index in [-0.39, 0.29) is 49.4 Å². The number of carbonyl (C=O) groups excluding carboxylic acids is 1. The molecule has 1 aromatic carbocycles. The molecule has 2 fully saturated rings. The molecule has 4 N–H and O–H groups in total. The second-order valence-electron chi connectivity index (χ2n) is 12.8. The molecule has 0 aliphatic carbocycles. The number of aliphatic hydroxyl groups is 1. The van der Waals surface area contributed by atoms with Crippen molar-refractivity contribution in [3.63, 3.8) is 0 Å². The quantitative estimate of drug-likeness (QED) is 0.132. The van der Waals surface area contributed by atoms with Gasteiger partial charge in [-0.15, -0.1) is 9.42 Å². The molecule has 2 aliphatic heterocycles. The van der Waals surface area contributed by atoms with E-state index in [9.17, 15) is 24.2 Å². The fraction of sp³-hybridized carbons (Fsp3) is 0.469. The first-order chi connectivity index (χ1) is 25.3.